The minimum Gasteiger partial charge on any atom is -0.481 e. The van der Waals surface area contributed by atoms with Crippen LogP contribution in [0.3, 0.4) is 0 Å². The maximum Gasteiger partial charge on any atom is 0.307 e. The van der Waals surface area contributed by atoms with Gasteiger partial charge in [0.25, 0.3) is 0 Å². The molecule has 0 spiro atoms. The second-order valence-corrected chi connectivity index (χ2v) is 4.28. The van der Waals surface area contributed by atoms with Gasteiger partial charge < -0.3 is 5.11 Å². The standard InChI is InChI=1S/C12H9NO2/c13-5-6-1-2-8-7(3-6)4-9-10(8)11(9)12(14)15/h1-3,9-11H,4H2,(H,14,15). The minimum atomic E-state index is -0.681. The molecule has 3 unspecified atom stereocenters. The van der Waals surface area contributed by atoms with E-state index in [9.17, 15) is 4.79 Å². The Morgan fingerprint density at radius 2 is 2.33 bits per heavy atom. The van der Waals surface area contributed by atoms with Gasteiger partial charge in [-0.2, -0.15) is 5.26 Å². The zero-order valence-corrected chi connectivity index (χ0v) is 7.97. The van der Waals surface area contributed by atoms with Crippen LogP contribution in [0.2, 0.25) is 0 Å². The highest BCUT2D eigenvalue weighted by Crippen LogP contribution is 2.61. The molecule has 3 nitrogen and oxygen atoms in total. The van der Waals surface area contributed by atoms with E-state index in [1.807, 2.05) is 12.1 Å². The maximum absolute atomic E-state index is 10.9. The van der Waals surface area contributed by atoms with Crippen molar-refractivity contribution < 1.29 is 9.90 Å². The molecule has 1 aromatic rings. The van der Waals surface area contributed by atoms with E-state index in [-0.39, 0.29) is 17.8 Å². The van der Waals surface area contributed by atoms with Crippen molar-refractivity contribution in [3.8, 4) is 6.07 Å². The highest BCUT2D eigenvalue weighted by Gasteiger charge is 2.59. The molecule has 1 N–H and O–H groups in total. The van der Waals surface area contributed by atoms with Crippen LogP contribution in [-0.2, 0) is 11.2 Å². The van der Waals surface area contributed by atoms with Gasteiger partial charge in [0, 0.05) is 5.92 Å². The van der Waals surface area contributed by atoms with Crippen LogP contribution in [0.1, 0.15) is 22.6 Å². The lowest BCUT2D eigenvalue weighted by Gasteiger charge is -2.04. The van der Waals surface area contributed by atoms with Gasteiger partial charge in [-0.15, -0.1) is 0 Å². The van der Waals surface area contributed by atoms with E-state index in [1.54, 1.807) is 6.07 Å². The molecule has 0 bridgehead atoms. The normalized spacial score (nSPS) is 30.2. The summed E-state index contributed by atoms with van der Waals surface area (Å²) in [5.41, 5.74) is 2.98. The van der Waals surface area contributed by atoms with Crippen molar-refractivity contribution in [1.82, 2.24) is 0 Å². The first-order valence-corrected chi connectivity index (χ1v) is 4.98. The van der Waals surface area contributed by atoms with Gasteiger partial charge in [-0.1, -0.05) is 6.07 Å². The Balaban J connectivity index is 1.98. The number of hydrogen-bond donors (Lipinski definition) is 1. The molecular formula is C12H9NO2. The molecule has 2 aliphatic rings. The predicted octanol–water partition coefficient (Wildman–Crippen LogP) is 1.53. The third-order valence-corrected chi connectivity index (χ3v) is 3.54. The average Bonchev–Trinajstić information content (AvgIpc) is 2.82. The molecule has 0 saturated heterocycles. The predicted molar refractivity (Wildman–Crippen MR) is 52.2 cm³/mol. The first kappa shape index (κ1) is 8.49. The van der Waals surface area contributed by atoms with Crippen LogP contribution in [0, 0.1) is 23.2 Å². The fraction of sp³-hybridized carbons (Fsp3) is 0.333. The summed E-state index contributed by atoms with van der Waals surface area (Å²) < 4.78 is 0. The molecule has 3 heteroatoms. The summed E-state index contributed by atoms with van der Waals surface area (Å²) in [5, 5.41) is 17.7. The number of nitriles is 1. The smallest absolute Gasteiger partial charge is 0.307 e. The fourth-order valence-corrected chi connectivity index (χ4v) is 2.82. The second kappa shape index (κ2) is 2.60. The summed E-state index contributed by atoms with van der Waals surface area (Å²) in [5.74, 6) is -0.359. The Kier molecular flexibility index (Phi) is 1.47. The topological polar surface area (TPSA) is 61.1 Å². The maximum atomic E-state index is 10.9. The molecule has 74 valence electrons. The van der Waals surface area contributed by atoms with Crippen LogP contribution in [0.25, 0.3) is 0 Å². The molecule has 15 heavy (non-hydrogen) atoms. The Bertz CT molecular complexity index is 501. The number of nitrogens with zero attached hydrogens (tertiary/aromatic N) is 1. The van der Waals surface area contributed by atoms with Crippen molar-refractivity contribution >= 4 is 5.97 Å². The molecule has 1 fully saturated rings. The molecule has 0 radical (unpaired) electrons. The van der Waals surface area contributed by atoms with Crippen LogP contribution >= 0.6 is 0 Å². The Morgan fingerprint density at radius 3 is 3.00 bits per heavy atom. The lowest BCUT2D eigenvalue weighted by atomic mass is 10.00. The molecule has 1 aromatic carbocycles. The van der Waals surface area contributed by atoms with Crippen LogP contribution in [0.15, 0.2) is 18.2 Å². The highest BCUT2D eigenvalue weighted by molar-refractivity contribution is 5.77. The Hall–Kier alpha value is -1.82. The first-order valence-electron chi connectivity index (χ1n) is 4.98. The lowest BCUT2D eigenvalue weighted by molar-refractivity contribution is -0.139. The number of hydrogen-bond acceptors (Lipinski definition) is 2. The van der Waals surface area contributed by atoms with Gasteiger partial charge in [-0.05, 0) is 35.6 Å². The van der Waals surface area contributed by atoms with Gasteiger partial charge in [0.2, 0.25) is 0 Å². The average molecular weight is 199 g/mol. The minimum absolute atomic E-state index is 0.176. The molecule has 2 aliphatic carbocycles. The summed E-state index contributed by atoms with van der Waals surface area (Å²) in [7, 11) is 0. The van der Waals surface area contributed by atoms with Crippen molar-refractivity contribution in [2.24, 2.45) is 11.8 Å². The summed E-state index contributed by atoms with van der Waals surface area (Å²) in [6.45, 7) is 0. The number of aliphatic carboxylic acids is 1. The summed E-state index contributed by atoms with van der Waals surface area (Å²) >= 11 is 0. The van der Waals surface area contributed by atoms with E-state index in [0.717, 1.165) is 12.0 Å². The number of carboxylic acid groups (broad SMARTS) is 1. The van der Waals surface area contributed by atoms with Crippen LogP contribution < -0.4 is 0 Å². The van der Waals surface area contributed by atoms with Gasteiger partial charge in [0.1, 0.15) is 0 Å². The third-order valence-electron chi connectivity index (χ3n) is 3.54. The SMILES string of the molecule is N#Cc1ccc2c(c1)CC1C(C(=O)O)C21. The molecular weight excluding hydrogens is 190 g/mol. The number of benzene rings is 1. The fourth-order valence-electron chi connectivity index (χ4n) is 2.82. The molecule has 1 saturated carbocycles. The largest absolute Gasteiger partial charge is 0.481 e. The summed E-state index contributed by atoms with van der Waals surface area (Å²) in [6.07, 6.45) is 0.826. The molecule has 3 rings (SSSR count). The number of fused-ring (bicyclic) bond motifs is 3. The first-order chi connectivity index (χ1) is 7.22. The number of rotatable bonds is 1. The van der Waals surface area contributed by atoms with E-state index in [2.05, 4.69) is 6.07 Å². The van der Waals surface area contributed by atoms with Crippen molar-refractivity contribution in [3.63, 3.8) is 0 Å². The van der Waals surface area contributed by atoms with Crippen molar-refractivity contribution in [3.05, 3.63) is 34.9 Å². The molecule has 0 heterocycles. The summed E-state index contributed by atoms with van der Waals surface area (Å²) in [6, 6.07) is 7.69. The van der Waals surface area contributed by atoms with Gasteiger partial charge in [0.15, 0.2) is 0 Å². The number of carbonyl (C=O) groups is 1. The molecule has 3 atom stereocenters. The molecule has 0 aromatic heterocycles. The monoisotopic (exact) mass is 199 g/mol. The van der Waals surface area contributed by atoms with Crippen LogP contribution in [0.5, 0.6) is 0 Å². The van der Waals surface area contributed by atoms with E-state index in [4.69, 9.17) is 10.4 Å². The van der Waals surface area contributed by atoms with Crippen molar-refractivity contribution in [2.45, 2.75) is 12.3 Å². The molecule has 0 amide bonds. The van der Waals surface area contributed by atoms with Crippen LogP contribution in [0.4, 0.5) is 0 Å². The van der Waals surface area contributed by atoms with Gasteiger partial charge >= 0.3 is 5.97 Å². The zero-order chi connectivity index (χ0) is 10.6. The van der Waals surface area contributed by atoms with Crippen molar-refractivity contribution in [1.29, 1.82) is 5.26 Å². The van der Waals surface area contributed by atoms with Gasteiger partial charge in [-0.3, -0.25) is 4.79 Å². The van der Waals surface area contributed by atoms with E-state index < -0.39 is 5.97 Å². The lowest BCUT2D eigenvalue weighted by Crippen LogP contribution is -2.05. The van der Waals surface area contributed by atoms with Crippen LogP contribution in [-0.4, -0.2) is 11.1 Å². The zero-order valence-electron chi connectivity index (χ0n) is 7.97. The van der Waals surface area contributed by atoms with E-state index >= 15 is 0 Å². The second-order valence-electron chi connectivity index (χ2n) is 4.28. The van der Waals surface area contributed by atoms with E-state index in [1.165, 1.54) is 5.56 Å². The van der Waals surface area contributed by atoms with Gasteiger partial charge in [0.05, 0.1) is 17.6 Å². The third kappa shape index (κ3) is 1.02. The summed E-state index contributed by atoms with van der Waals surface area (Å²) in [4.78, 5) is 10.9. The number of carboxylic acids is 1. The Morgan fingerprint density at radius 1 is 1.53 bits per heavy atom. The van der Waals surface area contributed by atoms with Crippen molar-refractivity contribution in [2.75, 3.05) is 0 Å². The molecule has 0 aliphatic heterocycles. The highest BCUT2D eigenvalue weighted by atomic mass is 16.4. The van der Waals surface area contributed by atoms with Gasteiger partial charge in [-0.25, -0.2) is 0 Å². The Labute approximate surface area is 87.0 Å². The van der Waals surface area contributed by atoms with E-state index in [0.29, 0.717) is 5.56 Å². The quantitative estimate of drug-likeness (QED) is 0.746.